The zero-order chi connectivity index (χ0) is 17.1. The van der Waals surface area contributed by atoms with Crippen molar-refractivity contribution in [2.75, 3.05) is 13.1 Å². The lowest BCUT2D eigenvalue weighted by Crippen LogP contribution is -2.45. The van der Waals surface area contributed by atoms with Gasteiger partial charge in [-0.1, -0.05) is 13.8 Å². The van der Waals surface area contributed by atoms with Crippen molar-refractivity contribution in [3.63, 3.8) is 0 Å². The maximum absolute atomic E-state index is 12.3. The van der Waals surface area contributed by atoms with Crippen LogP contribution in [0.4, 0.5) is 13.2 Å². The second-order valence-electron chi connectivity index (χ2n) is 5.82. The summed E-state index contributed by atoms with van der Waals surface area (Å²) in [5.74, 6) is -3.60. The summed E-state index contributed by atoms with van der Waals surface area (Å²) < 4.78 is 36.9. The van der Waals surface area contributed by atoms with Crippen molar-refractivity contribution in [3.8, 4) is 0 Å². The summed E-state index contributed by atoms with van der Waals surface area (Å²) in [5, 5.41) is 11.3. The Balaban J connectivity index is 2.63. The molecule has 0 aromatic heterocycles. The molecule has 2 N–H and O–H groups in total. The zero-order valence-corrected chi connectivity index (χ0v) is 12.3. The lowest BCUT2D eigenvalue weighted by molar-refractivity contribution is -0.157. The first kappa shape index (κ1) is 18.2. The predicted molar refractivity (Wildman–Crippen MR) is 69.8 cm³/mol. The number of nitrogens with one attached hydrogen (secondary N) is 1. The molecule has 0 aromatic rings. The number of hydrogen-bond acceptors (Lipinski definition) is 3. The third kappa shape index (κ3) is 5.53. The van der Waals surface area contributed by atoms with Crippen LogP contribution >= 0.6 is 0 Å². The molecule has 1 aliphatic rings. The molecule has 0 spiro atoms. The van der Waals surface area contributed by atoms with Crippen LogP contribution in [0.1, 0.15) is 26.7 Å². The van der Waals surface area contributed by atoms with Crippen molar-refractivity contribution < 1.29 is 32.7 Å². The summed E-state index contributed by atoms with van der Waals surface area (Å²) >= 11 is 0. The molecular weight excluding hydrogens is 305 g/mol. The van der Waals surface area contributed by atoms with E-state index < -0.39 is 42.5 Å². The van der Waals surface area contributed by atoms with Crippen LogP contribution in [0.2, 0.25) is 0 Å². The minimum Gasteiger partial charge on any atom is -0.480 e. The average Bonchev–Trinajstić information content (AvgIpc) is 2.67. The summed E-state index contributed by atoms with van der Waals surface area (Å²) in [5.41, 5.74) is 0. The zero-order valence-electron chi connectivity index (χ0n) is 12.3. The van der Waals surface area contributed by atoms with Gasteiger partial charge in [-0.05, 0) is 12.3 Å². The van der Waals surface area contributed by atoms with Crippen molar-refractivity contribution >= 4 is 17.8 Å². The fraction of sp³-hybridized carbons (Fsp3) is 0.769. The Labute approximate surface area is 125 Å². The van der Waals surface area contributed by atoms with Crippen LogP contribution < -0.4 is 5.32 Å². The summed E-state index contributed by atoms with van der Waals surface area (Å²) in [6, 6.07) is -1.11. The number of aliphatic carboxylic acids is 1. The van der Waals surface area contributed by atoms with Gasteiger partial charge in [-0.2, -0.15) is 13.2 Å². The van der Waals surface area contributed by atoms with Gasteiger partial charge in [-0.25, -0.2) is 4.79 Å². The van der Waals surface area contributed by atoms with E-state index in [0.29, 0.717) is 4.90 Å². The fourth-order valence-corrected chi connectivity index (χ4v) is 2.30. The van der Waals surface area contributed by atoms with Gasteiger partial charge in [-0.15, -0.1) is 0 Å². The normalized spacial score (nSPS) is 20.4. The molecule has 6 nitrogen and oxygen atoms in total. The standard InChI is InChI=1S/C13H19F3N2O4/c1-7(2)3-9(12(21)22)17-11(20)8-4-10(19)18(5-8)6-13(14,15)16/h7-9H,3-6H2,1-2H3,(H,17,20)(H,21,22)/t8?,9-/m1/s1. The van der Waals surface area contributed by atoms with Gasteiger partial charge >= 0.3 is 12.1 Å². The van der Waals surface area contributed by atoms with E-state index in [1.165, 1.54) is 0 Å². The first-order valence-corrected chi connectivity index (χ1v) is 6.87. The van der Waals surface area contributed by atoms with Crippen molar-refractivity contribution in [3.05, 3.63) is 0 Å². The SMILES string of the molecule is CC(C)C[C@@H](NC(=O)C1CC(=O)N(CC(F)(F)F)C1)C(=O)O. The van der Waals surface area contributed by atoms with E-state index in [4.69, 9.17) is 5.11 Å². The number of alkyl halides is 3. The second-order valence-corrected chi connectivity index (χ2v) is 5.82. The molecule has 2 atom stereocenters. The van der Waals surface area contributed by atoms with Crippen LogP contribution in [-0.4, -0.2) is 53.1 Å². The van der Waals surface area contributed by atoms with Gasteiger partial charge in [0.2, 0.25) is 11.8 Å². The Morgan fingerprint density at radius 2 is 2.00 bits per heavy atom. The number of rotatable bonds is 6. The minimum atomic E-state index is -4.53. The third-order valence-corrected chi connectivity index (χ3v) is 3.28. The predicted octanol–water partition coefficient (Wildman–Crippen LogP) is 1.01. The van der Waals surface area contributed by atoms with Crippen LogP contribution in [0.3, 0.4) is 0 Å². The first-order valence-electron chi connectivity index (χ1n) is 6.87. The molecule has 0 bridgehead atoms. The van der Waals surface area contributed by atoms with Gasteiger partial charge < -0.3 is 15.3 Å². The number of carboxylic acids is 1. The molecule has 1 heterocycles. The number of amides is 2. The fourth-order valence-electron chi connectivity index (χ4n) is 2.30. The highest BCUT2D eigenvalue weighted by Crippen LogP contribution is 2.24. The lowest BCUT2D eigenvalue weighted by atomic mass is 10.0. The molecule has 1 fully saturated rings. The van der Waals surface area contributed by atoms with Crippen LogP contribution in [0.15, 0.2) is 0 Å². The van der Waals surface area contributed by atoms with Gasteiger partial charge in [0.05, 0.1) is 5.92 Å². The van der Waals surface area contributed by atoms with Crippen LogP contribution in [0, 0.1) is 11.8 Å². The number of likely N-dealkylation sites (tertiary alicyclic amines) is 1. The molecule has 9 heteroatoms. The molecule has 1 saturated heterocycles. The Kier molecular flexibility index (Phi) is 5.78. The quantitative estimate of drug-likeness (QED) is 0.763. The molecule has 126 valence electrons. The van der Waals surface area contributed by atoms with Crippen LogP contribution in [0.5, 0.6) is 0 Å². The molecule has 1 rings (SSSR count). The first-order chi connectivity index (χ1) is 9.99. The summed E-state index contributed by atoms with van der Waals surface area (Å²) in [4.78, 5) is 35.1. The lowest BCUT2D eigenvalue weighted by Gasteiger charge is -2.20. The van der Waals surface area contributed by atoms with Crippen molar-refractivity contribution in [1.29, 1.82) is 0 Å². The third-order valence-electron chi connectivity index (χ3n) is 3.28. The van der Waals surface area contributed by atoms with Gasteiger partial charge in [0.15, 0.2) is 0 Å². The molecule has 0 aromatic carbocycles. The Morgan fingerprint density at radius 1 is 1.41 bits per heavy atom. The topological polar surface area (TPSA) is 86.7 Å². The summed E-state index contributed by atoms with van der Waals surface area (Å²) in [7, 11) is 0. The van der Waals surface area contributed by atoms with E-state index >= 15 is 0 Å². The minimum absolute atomic E-state index is 0.0216. The molecular formula is C13H19F3N2O4. The second kappa shape index (κ2) is 6.97. The molecule has 0 saturated carbocycles. The largest absolute Gasteiger partial charge is 0.480 e. The molecule has 1 aliphatic heterocycles. The highest BCUT2D eigenvalue weighted by Gasteiger charge is 2.41. The van der Waals surface area contributed by atoms with Crippen molar-refractivity contribution in [2.24, 2.45) is 11.8 Å². The van der Waals surface area contributed by atoms with E-state index in [1.54, 1.807) is 13.8 Å². The number of carbonyl (C=O) groups is 3. The summed E-state index contributed by atoms with van der Waals surface area (Å²) in [6.07, 6.45) is -4.66. The Hall–Kier alpha value is -1.80. The number of nitrogens with zero attached hydrogens (tertiary/aromatic N) is 1. The molecule has 0 radical (unpaired) electrons. The Bertz CT molecular complexity index is 451. The van der Waals surface area contributed by atoms with Crippen LogP contribution in [0.25, 0.3) is 0 Å². The number of halogens is 3. The molecule has 1 unspecified atom stereocenters. The van der Waals surface area contributed by atoms with Gasteiger partial charge in [0.25, 0.3) is 0 Å². The maximum atomic E-state index is 12.3. The monoisotopic (exact) mass is 324 g/mol. The van der Waals surface area contributed by atoms with E-state index in [1.807, 2.05) is 0 Å². The van der Waals surface area contributed by atoms with Gasteiger partial charge in [0, 0.05) is 13.0 Å². The van der Waals surface area contributed by atoms with Gasteiger partial charge in [0.1, 0.15) is 12.6 Å². The average molecular weight is 324 g/mol. The van der Waals surface area contributed by atoms with Crippen molar-refractivity contribution in [2.45, 2.75) is 38.9 Å². The van der Waals surface area contributed by atoms with E-state index in [-0.39, 0.29) is 25.3 Å². The number of carbonyl (C=O) groups excluding carboxylic acids is 2. The number of hydrogen-bond donors (Lipinski definition) is 2. The van der Waals surface area contributed by atoms with E-state index in [2.05, 4.69) is 5.32 Å². The van der Waals surface area contributed by atoms with Crippen molar-refractivity contribution in [1.82, 2.24) is 10.2 Å². The summed E-state index contributed by atoms with van der Waals surface area (Å²) in [6.45, 7) is 1.82. The van der Waals surface area contributed by atoms with E-state index in [9.17, 15) is 27.6 Å². The highest BCUT2D eigenvalue weighted by molar-refractivity contribution is 5.91. The number of carboxylic acid groups (broad SMARTS) is 1. The highest BCUT2D eigenvalue weighted by atomic mass is 19.4. The van der Waals surface area contributed by atoms with Gasteiger partial charge in [-0.3, -0.25) is 9.59 Å². The van der Waals surface area contributed by atoms with Crippen LogP contribution in [-0.2, 0) is 14.4 Å². The molecule has 2 amide bonds. The maximum Gasteiger partial charge on any atom is 0.406 e. The Morgan fingerprint density at radius 3 is 2.45 bits per heavy atom. The molecule has 0 aliphatic carbocycles. The smallest absolute Gasteiger partial charge is 0.406 e. The van der Waals surface area contributed by atoms with E-state index in [0.717, 1.165) is 0 Å². The molecule has 22 heavy (non-hydrogen) atoms.